The van der Waals surface area contributed by atoms with Gasteiger partial charge in [0.05, 0.1) is 12.3 Å². The Kier molecular flexibility index (Phi) is 7.87. The summed E-state index contributed by atoms with van der Waals surface area (Å²) in [6.07, 6.45) is 1.03. The van der Waals surface area contributed by atoms with Gasteiger partial charge in [0, 0.05) is 56.0 Å². The normalized spacial score (nSPS) is 21.7. The number of thioether (sulfide) groups is 1. The van der Waals surface area contributed by atoms with Gasteiger partial charge in [-0.3, -0.25) is 4.99 Å². The molecule has 0 radical (unpaired) electrons. The van der Waals surface area contributed by atoms with Crippen molar-refractivity contribution >= 4 is 33.4 Å². The first kappa shape index (κ1) is 21.3. The zero-order valence-corrected chi connectivity index (χ0v) is 18.1. The summed E-state index contributed by atoms with van der Waals surface area (Å²) < 4.78 is 26.5. The van der Waals surface area contributed by atoms with E-state index in [4.69, 9.17) is 0 Å². The summed E-state index contributed by atoms with van der Waals surface area (Å²) in [5.74, 6) is 2.53. The highest BCUT2D eigenvalue weighted by Gasteiger charge is 2.25. The quantitative estimate of drug-likeness (QED) is 0.505. The van der Waals surface area contributed by atoms with Gasteiger partial charge in [0.2, 0.25) is 10.0 Å². The molecule has 0 bridgehead atoms. The second-order valence-corrected chi connectivity index (χ2v) is 10.3. The number of benzene rings is 1. The van der Waals surface area contributed by atoms with Crippen molar-refractivity contribution in [1.29, 1.82) is 0 Å². The molecule has 0 aromatic heterocycles. The van der Waals surface area contributed by atoms with Crippen LogP contribution in [0.4, 0.5) is 5.69 Å². The molecule has 9 heteroatoms. The Labute approximate surface area is 173 Å². The molecule has 28 heavy (non-hydrogen) atoms. The summed E-state index contributed by atoms with van der Waals surface area (Å²) in [5, 5.41) is 6.71. The SMILES string of the molecule is CCNC(=NCCS(=O)(=O)N1CCSCC1)NC1CCN(c2ccccc2)C1. The van der Waals surface area contributed by atoms with Gasteiger partial charge < -0.3 is 15.5 Å². The highest BCUT2D eigenvalue weighted by Crippen LogP contribution is 2.19. The number of aliphatic imine (C=N–C) groups is 1. The van der Waals surface area contributed by atoms with E-state index in [9.17, 15) is 8.42 Å². The Morgan fingerprint density at radius 3 is 2.68 bits per heavy atom. The number of nitrogens with one attached hydrogen (secondary N) is 2. The molecule has 2 fully saturated rings. The number of nitrogens with zero attached hydrogens (tertiary/aromatic N) is 3. The lowest BCUT2D eigenvalue weighted by atomic mass is 10.3. The summed E-state index contributed by atoms with van der Waals surface area (Å²) in [6, 6.07) is 10.7. The van der Waals surface area contributed by atoms with Gasteiger partial charge >= 0.3 is 0 Å². The highest BCUT2D eigenvalue weighted by atomic mass is 32.2. The van der Waals surface area contributed by atoms with E-state index in [1.807, 2.05) is 24.8 Å². The molecule has 3 rings (SSSR count). The van der Waals surface area contributed by atoms with Crippen molar-refractivity contribution < 1.29 is 8.42 Å². The van der Waals surface area contributed by atoms with Gasteiger partial charge in [0.25, 0.3) is 0 Å². The lowest BCUT2D eigenvalue weighted by Gasteiger charge is -2.25. The average Bonchev–Trinajstić information content (AvgIpc) is 3.18. The predicted molar refractivity (Wildman–Crippen MR) is 119 cm³/mol. The van der Waals surface area contributed by atoms with Gasteiger partial charge in [-0.15, -0.1) is 0 Å². The van der Waals surface area contributed by atoms with E-state index in [-0.39, 0.29) is 12.3 Å². The minimum atomic E-state index is -3.22. The summed E-state index contributed by atoms with van der Waals surface area (Å²) in [7, 11) is -3.22. The third-order valence-corrected chi connectivity index (χ3v) is 7.77. The lowest BCUT2D eigenvalue weighted by molar-refractivity contribution is 0.444. The molecule has 2 saturated heterocycles. The molecule has 2 N–H and O–H groups in total. The number of rotatable bonds is 7. The van der Waals surface area contributed by atoms with Crippen LogP contribution in [0.25, 0.3) is 0 Å². The Bertz CT molecular complexity index is 736. The molecule has 2 heterocycles. The van der Waals surface area contributed by atoms with Crippen molar-refractivity contribution in [3.05, 3.63) is 30.3 Å². The van der Waals surface area contributed by atoms with E-state index >= 15 is 0 Å². The zero-order chi connectivity index (χ0) is 19.8. The summed E-state index contributed by atoms with van der Waals surface area (Å²) in [5.41, 5.74) is 1.24. The van der Waals surface area contributed by atoms with Gasteiger partial charge in [-0.25, -0.2) is 12.7 Å². The van der Waals surface area contributed by atoms with E-state index in [0.29, 0.717) is 25.1 Å². The number of hydrogen-bond acceptors (Lipinski definition) is 5. The maximum atomic E-state index is 12.5. The molecule has 1 unspecified atom stereocenters. The monoisotopic (exact) mass is 425 g/mol. The lowest BCUT2D eigenvalue weighted by Crippen LogP contribution is -2.45. The van der Waals surface area contributed by atoms with E-state index < -0.39 is 10.0 Å². The smallest absolute Gasteiger partial charge is 0.215 e. The molecule has 1 atom stereocenters. The minimum Gasteiger partial charge on any atom is -0.369 e. The maximum absolute atomic E-state index is 12.5. The molecule has 0 saturated carbocycles. The summed E-state index contributed by atoms with van der Waals surface area (Å²) in [6.45, 7) is 6.19. The van der Waals surface area contributed by atoms with Gasteiger partial charge in [-0.1, -0.05) is 18.2 Å². The molecule has 0 spiro atoms. The molecule has 7 nitrogen and oxygen atoms in total. The van der Waals surface area contributed by atoms with Crippen LogP contribution in [-0.2, 0) is 10.0 Å². The second-order valence-electron chi connectivity index (χ2n) is 7.00. The molecule has 0 aliphatic carbocycles. The first-order valence-electron chi connectivity index (χ1n) is 9.99. The minimum absolute atomic E-state index is 0.0645. The molecule has 156 valence electrons. The van der Waals surface area contributed by atoms with E-state index in [1.54, 1.807) is 4.31 Å². The van der Waals surface area contributed by atoms with E-state index in [1.165, 1.54) is 5.69 Å². The van der Waals surface area contributed by atoms with Crippen LogP contribution in [0, 0.1) is 0 Å². The third-order valence-electron chi connectivity index (χ3n) is 4.98. The van der Waals surface area contributed by atoms with Crippen molar-refractivity contribution in [3.63, 3.8) is 0 Å². The van der Waals surface area contributed by atoms with Gasteiger partial charge in [-0.05, 0) is 25.5 Å². The van der Waals surface area contributed by atoms with Crippen LogP contribution in [0.15, 0.2) is 35.3 Å². The molecule has 1 aromatic carbocycles. The van der Waals surface area contributed by atoms with Crippen LogP contribution in [0.5, 0.6) is 0 Å². The van der Waals surface area contributed by atoms with Gasteiger partial charge in [-0.2, -0.15) is 11.8 Å². The van der Waals surface area contributed by atoms with Gasteiger partial charge in [0.15, 0.2) is 5.96 Å². The number of anilines is 1. The molecular formula is C19H31N5O2S2. The molecular weight excluding hydrogens is 394 g/mol. The largest absolute Gasteiger partial charge is 0.369 e. The highest BCUT2D eigenvalue weighted by molar-refractivity contribution is 7.99. The van der Waals surface area contributed by atoms with Crippen LogP contribution >= 0.6 is 11.8 Å². The maximum Gasteiger partial charge on any atom is 0.215 e. The summed E-state index contributed by atoms with van der Waals surface area (Å²) >= 11 is 1.81. The van der Waals surface area contributed by atoms with Crippen molar-refractivity contribution in [1.82, 2.24) is 14.9 Å². The van der Waals surface area contributed by atoms with Crippen molar-refractivity contribution in [3.8, 4) is 0 Å². The van der Waals surface area contributed by atoms with E-state index in [0.717, 1.165) is 37.6 Å². The van der Waals surface area contributed by atoms with Crippen LogP contribution in [0.1, 0.15) is 13.3 Å². The Morgan fingerprint density at radius 1 is 1.21 bits per heavy atom. The first-order chi connectivity index (χ1) is 13.6. The Balaban J connectivity index is 1.51. The third kappa shape index (κ3) is 6.02. The molecule has 1 aromatic rings. The second kappa shape index (κ2) is 10.4. The van der Waals surface area contributed by atoms with Crippen molar-refractivity contribution in [2.24, 2.45) is 4.99 Å². The van der Waals surface area contributed by atoms with Crippen LogP contribution in [-0.4, -0.2) is 81.3 Å². The Hall–Kier alpha value is -1.45. The number of sulfonamides is 1. The fourth-order valence-corrected chi connectivity index (χ4v) is 5.94. The summed E-state index contributed by atoms with van der Waals surface area (Å²) in [4.78, 5) is 6.88. The number of guanidine groups is 1. The molecule has 0 amide bonds. The molecule has 2 aliphatic heterocycles. The number of para-hydroxylation sites is 1. The first-order valence-corrected chi connectivity index (χ1v) is 12.8. The molecule has 2 aliphatic rings. The van der Waals surface area contributed by atoms with Crippen LogP contribution in [0.2, 0.25) is 0 Å². The van der Waals surface area contributed by atoms with E-state index in [2.05, 4.69) is 44.8 Å². The average molecular weight is 426 g/mol. The zero-order valence-electron chi connectivity index (χ0n) is 16.5. The fourth-order valence-electron chi connectivity index (χ4n) is 3.49. The number of hydrogen-bond donors (Lipinski definition) is 2. The predicted octanol–water partition coefficient (Wildman–Crippen LogP) is 1.20. The topological polar surface area (TPSA) is 77.0 Å². The Morgan fingerprint density at radius 2 is 1.96 bits per heavy atom. The standard InChI is InChI=1S/C19H31N5O2S2/c1-2-20-19(21-9-15-28(25,26)24-11-13-27-14-12-24)22-17-8-10-23(16-17)18-6-4-3-5-7-18/h3-7,17H,2,8-16H2,1H3,(H2,20,21,22). The van der Waals surface area contributed by atoms with Gasteiger partial charge in [0.1, 0.15) is 0 Å². The van der Waals surface area contributed by atoms with Crippen molar-refractivity contribution in [2.75, 3.05) is 61.4 Å². The van der Waals surface area contributed by atoms with Crippen molar-refractivity contribution in [2.45, 2.75) is 19.4 Å². The fraction of sp³-hybridized carbons (Fsp3) is 0.632. The van der Waals surface area contributed by atoms with Crippen LogP contribution < -0.4 is 15.5 Å². The van der Waals surface area contributed by atoms with Crippen LogP contribution in [0.3, 0.4) is 0 Å².